The van der Waals surface area contributed by atoms with Gasteiger partial charge in [-0.25, -0.2) is 14.6 Å². The van der Waals surface area contributed by atoms with Crippen molar-refractivity contribution in [3.8, 4) is 0 Å². The lowest BCUT2D eigenvalue weighted by atomic mass is 10.1. The molecule has 2 aromatic heterocycles. The number of hydrogen-bond acceptors (Lipinski definition) is 4. The summed E-state index contributed by atoms with van der Waals surface area (Å²) < 4.78 is 4.21. The Hall–Kier alpha value is -2.38. The summed E-state index contributed by atoms with van der Waals surface area (Å²) >= 11 is 0. The van der Waals surface area contributed by atoms with Gasteiger partial charge in [0, 0.05) is 38.6 Å². The fourth-order valence-electron chi connectivity index (χ4n) is 3.32. The van der Waals surface area contributed by atoms with Crippen LogP contribution in [0.3, 0.4) is 0 Å². The molecule has 2 aromatic rings. The second-order valence-corrected chi connectivity index (χ2v) is 6.72. The van der Waals surface area contributed by atoms with E-state index in [9.17, 15) is 0 Å². The molecule has 1 unspecified atom stereocenters. The second kappa shape index (κ2) is 8.82. The number of guanidine groups is 1. The third kappa shape index (κ3) is 4.62. The summed E-state index contributed by atoms with van der Waals surface area (Å²) in [5, 5.41) is 11.4. The molecule has 0 fully saturated rings. The van der Waals surface area contributed by atoms with Crippen molar-refractivity contribution in [2.75, 3.05) is 13.1 Å². The number of aryl methyl sites for hydroxylation is 4. The molecule has 8 nitrogen and oxygen atoms in total. The largest absolute Gasteiger partial charge is 0.357 e. The molecule has 0 spiro atoms. The van der Waals surface area contributed by atoms with Gasteiger partial charge in [-0.2, -0.15) is 5.10 Å². The highest BCUT2D eigenvalue weighted by Gasteiger charge is 2.24. The van der Waals surface area contributed by atoms with Gasteiger partial charge >= 0.3 is 0 Å². The molecule has 1 aliphatic heterocycles. The summed E-state index contributed by atoms with van der Waals surface area (Å²) in [6.07, 6.45) is 8.20. The van der Waals surface area contributed by atoms with Crippen LogP contribution >= 0.6 is 0 Å². The summed E-state index contributed by atoms with van der Waals surface area (Å²) in [5.74, 6) is 3.80. The Balaban J connectivity index is 1.52. The van der Waals surface area contributed by atoms with E-state index in [-0.39, 0.29) is 6.04 Å². The van der Waals surface area contributed by atoms with Crippen molar-refractivity contribution in [2.45, 2.75) is 65.6 Å². The smallest absolute Gasteiger partial charge is 0.191 e. The van der Waals surface area contributed by atoms with E-state index in [1.54, 1.807) is 0 Å². The van der Waals surface area contributed by atoms with Crippen LogP contribution in [-0.2, 0) is 13.1 Å². The Morgan fingerprint density at radius 3 is 3.00 bits per heavy atom. The first-order valence-corrected chi connectivity index (χ1v) is 9.61. The molecule has 1 atom stereocenters. The van der Waals surface area contributed by atoms with Crippen molar-refractivity contribution in [1.82, 2.24) is 34.9 Å². The van der Waals surface area contributed by atoms with Gasteiger partial charge in [0.1, 0.15) is 17.5 Å². The van der Waals surface area contributed by atoms with Crippen LogP contribution in [0.1, 0.15) is 56.1 Å². The summed E-state index contributed by atoms with van der Waals surface area (Å²) in [7, 11) is 0. The summed E-state index contributed by atoms with van der Waals surface area (Å²) in [6.45, 7) is 9.68. The van der Waals surface area contributed by atoms with Gasteiger partial charge in [-0.05, 0) is 46.5 Å². The lowest BCUT2D eigenvalue weighted by Gasteiger charge is -2.25. The van der Waals surface area contributed by atoms with Crippen molar-refractivity contribution in [3.05, 3.63) is 29.9 Å². The first-order valence-electron chi connectivity index (χ1n) is 9.61. The monoisotopic (exact) mass is 358 g/mol. The van der Waals surface area contributed by atoms with Crippen molar-refractivity contribution < 1.29 is 0 Å². The van der Waals surface area contributed by atoms with E-state index >= 15 is 0 Å². The van der Waals surface area contributed by atoms with Crippen LogP contribution in [0.25, 0.3) is 0 Å². The van der Waals surface area contributed by atoms with Crippen LogP contribution in [0.2, 0.25) is 0 Å². The van der Waals surface area contributed by atoms with Gasteiger partial charge in [0.05, 0.1) is 6.04 Å². The Morgan fingerprint density at radius 1 is 1.35 bits per heavy atom. The third-order valence-corrected chi connectivity index (χ3v) is 4.64. The maximum atomic E-state index is 4.74. The van der Waals surface area contributed by atoms with Gasteiger partial charge in [-0.15, -0.1) is 0 Å². The number of aromatic nitrogens is 5. The molecule has 3 heterocycles. The third-order valence-electron chi connectivity index (χ3n) is 4.64. The van der Waals surface area contributed by atoms with Crippen LogP contribution < -0.4 is 10.6 Å². The molecule has 0 amide bonds. The molecule has 0 radical (unpaired) electrons. The molecule has 8 heteroatoms. The van der Waals surface area contributed by atoms with Crippen LogP contribution in [0.15, 0.2) is 17.4 Å². The van der Waals surface area contributed by atoms with Crippen LogP contribution in [0.5, 0.6) is 0 Å². The van der Waals surface area contributed by atoms with E-state index in [0.29, 0.717) is 0 Å². The number of aliphatic imine (C=N–C) groups is 1. The number of unbranched alkanes of at least 4 members (excludes halogenated alkanes) is 1. The minimum atomic E-state index is 0.177. The number of rotatable bonds is 7. The fourth-order valence-corrected chi connectivity index (χ4v) is 3.32. The number of nitrogens with zero attached hydrogens (tertiary/aromatic N) is 6. The van der Waals surface area contributed by atoms with Crippen molar-refractivity contribution in [2.24, 2.45) is 4.99 Å². The van der Waals surface area contributed by atoms with E-state index in [4.69, 9.17) is 4.99 Å². The molecule has 0 aromatic carbocycles. The Morgan fingerprint density at radius 2 is 2.23 bits per heavy atom. The van der Waals surface area contributed by atoms with Crippen molar-refractivity contribution >= 4 is 5.96 Å². The van der Waals surface area contributed by atoms with Gasteiger partial charge < -0.3 is 15.2 Å². The first kappa shape index (κ1) is 18.4. The maximum Gasteiger partial charge on any atom is 0.191 e. The molecule has 0 saturated heterocycles. The number of hydrogen-bond donors (Lipinski definition) is 2. The van der Waals surface area contributed by atoms with Gasteiger partial charge in [0.15, 0.2) is 5.96 Å². The number of nitrogens with one attached hydrogen (secondary N) is 2. The van der Waals surface area contributed by atoms with E-state index in [1.807, 2.05) is 30.9 Å². The predicted octanol–water partition coefficient (Wildman–Crippen LogP) is 1.96. The molecule has 3 rings (SSSR count). The van der Waals surface area contributed by atoms with E-state index in [2.05, 4.69) is 37.2 Å². The van der Waals surface area contributed by atoms with E-state index < -0.39 is 0 Å². The molecule has 1 aliphatic rings. The zero-order valence-corrected chi connectivity index (χ0v) is 16.1. The number of imidazole rings is 1. The van der Waals surface area contributed by atoms with Gasteiger partial charge in [0.2, 0.25) is 0 Å². The molecule has 2 N–H and O–H groups in total. The second-order valence-electron chi connectivity index (χ2n) is 6.72. The maximum absolute atomic E-state index is 4.74. The van der Waals surface area contributed by atoms with E-state index in [0.717, 1.165) is 75.3 Å². The lowest BCUT2D eigenvalue weighted by molar-refractivity contribution is 0.397. The van der Waals surface area contributed by atoms with Crippen LogP contribution in [-0.4, -0.2) is 43.4 Å². The molecular formula is C18H30N8. The van der Waals surface area contributed by atoms with Gasteiger partial charge in [-0.3, -0.25) is 4.99 Å². The fraction of sp³-hybridized carbons (Fsp3) is 0.667. The molecule has 26 heavy (non-hydrogen) atoms. The molecular weight excluding hydrogens is 328 g/mol. The lowest BCUT2D eigenvalue weighted by Crippen LogP contribution is -2.41. The normalized spacial score (nSPS) is 17.2. The highest BCUT2D eigenvalue weighted by Crippen LogP contribution is 2.22. The van der Waals surface area contributed by atoms with Gasteiger partial charge in [-0.1, -0.05) is 0 Å². The van der Waals surface area contributed by atoms with E-state index in [1.165, 1.54) is 0 Å². The van der Waals surface area contributed by atoms with Crippen molar-refractivity contribution in [1.29, 1.82) is 0 Å². The summed E-state index contributed by atoms with van der Waals surface area (Å²) in [6, 6.07) is 0.177. The Labute approximate surface area is 155 Å². The minimum Gasteiger partial charge on any atom is -0.357 e. The highest BCUT2D eigenvalue weighted by atomic mass is 15.4. The average Bonchev–Trinajstić information content (AvgIpc) is 3.20. The first-order chi connectivity index (χ1) is 12.7. The summed E-state index contributed by atoms with van der Waals surface area (Å²) in [4.78, 5) is 13.6. The number of fused-ring (bicyclic) bond motifs is 1. The standard InChI is InChI=1S/C18H30N8/c1-4-19-18(21-9-5-6-11-25-13-10-20-15(25)3)23-16-8-7-12-26-17(16)22-14(2)24-26/h10,13,16H,4-9,11-12H2,1-3H3,(H2,19,21,23). The average molecular weight is 358 g/mol. The van der Waals surface area contributed by atoms with Gasteiger partial charge in [0.25, 0.3) is 0 Å². The Kier molecular flexibility index (Phi) is 6.25. The Bertz CT molecular complexity index is 729. The predicted molar refractivity (Wildman–Crippen MR) is 102 cm³/mol. The SMILES string of the molecule is CCNC(=NCCCCn1ccnc1C)NC1CCCn2nc(C)nc21. The molecule has 0 bridgehead atoms. The molecule has 142 valence electrons. The quantitative estimate of drug-likeness (QED) is 0.449. The molecule has 0 aliphatic carbocycles. The minimum absolute atomic E-state index is 0.177. The van der Waals surface area contributed by atoms with Crippen LogP contribution in [0.4, 0.5) is 0 Å². The van der Waals surface area contributed by atoms with Crippen LogP contribution in [0, 0.1) is 13.8 Å². The zero-order valence-electron chi connectivity index (χ0n) is 16.1. The topological polar surface area (TPSA) is 85.0 Å². The zero-order chi connectivity index (χ0) is 18.4. The highest BCUT2D eigenvalue weighted by molar-refractivity contribution is 5.80. The van der Waals surface area contributed by atoms with Crippen molar-refractivity contribution in [3.63, 3.8) is 0 Å². The summed E-state index contributed by atoms with van der Waals surface area (Å²) in [5.41, 5.74) is 0. The molecule has 0 saturated carbocycles.